The van der Waals surface area contributed by atoms with Gasteiger partial charge >= 0.3 is 0 Å². The Morgan fingerprint density at radius 1 is 0.952 bits per heavy atom. The van der Waals surface area contributed by atoms with Gasteiger partial charge in [0.1, 0.15) is 11.8 Å². The Morgan fingerprint density at radius 2 is 1.62 bits per heavy atom. The molecule has 0 aliphatic rings. The summed E-state index contributed by atoms with van der Waals surface area (Å²) in [5.74, 6) is 0.153. The highest BCUT2D eigenvalue weighted by Crippen LogP contribution is 2.30. The summed E-state index contributed by atoms with van der Waals surface area (Å²) >= 11 is 6.25. The number of para-hydroxylation sites is 2. The molecule has 0 aliphatic carbocycles. The number of benzene rings is 3. The molecule has 0 heterocycles. The van der Waals surface area contributed by atoms with E-state index < -0.39 is 16.1 Å². The molecule has 0 bridgehead atoms. The summed E-state index contributed by atoms with van der Waals surface area (Å²) in [5, 5.41) is 3.53. The van der Waals surface area contributed by atoms with E-state index in [0.29, 0.717) is 29.4 Å². The Labute approximate surface area is 254 Å². The number of anilines is 1. The van der Waals surface area contributed by atoms with Gasteiger partial charge in [0, 0.05) is 37.5 Å². The average Bonchev–Trinajstić information content (AvgIpc) is 2.95. The third-order valence-corrected chi connectivity index (χ3v) is 8.12. The number of sulfonamides is 1. The van der Waals surface area contributed by atoms with E-state index >= 15 is 0 Å². The lowest BCUT2D eigenvalue weighted by Gasteiger charge is -2.32. The van der Waals surface area contributed by atoms with Crippen molar-refractivity contribution >= 4 is 39.1 Å². The molecule has 0 saturated heterocycles. The van der Waals surface area contributed by atoms with E-state index in [-0.39, 0.29) is 43.7 Å². The van der Waals surface area contributed by atoms with Crippen LogP contribution in [0.5, 0.6) is 5.75 Å². The van der Waals surface area contributed by atoms with Crippen molar-refractivity contribution < 1.29 is 22.7 Å². The topological polar surface area (TPSA) is 96.0 Å². The minimum Gasteiger partial charge on any atom is -0.495 e. The van der Waals surface area contributed by atoms with Gasteiger partial charge in [-0.15, -0.1) is 0 Å². The number of carbonyl (C=O) groups is 2. The molecule has 226 valence electrons. The average molecular weight is 614 g/mol. The van der Waals surface area contributed by atoms with Crippen LogP contribution in [-0.2, 0) is 32.6 Å². The van der Waals surface area contributed by atoms with E-state index in [1.807, 2.05) is 56.3 Å². The number of hydrogen-bond donors (Lipinski definition) is 1. The Balaban J connectivity index is 1.90. The largest absolute Gasteiger partial charge is 0.495 e. The molecule has 0 fully saturated rings. The van der Waals surface area contributed by atoms with E-state index in [1.165, 1.54) is 11.4 Å². The van der Waals surface area contributed by atoms with Crippen LogP contribution in [0.3, 0.4) is 0 Å². The van der Waals surface area contributed by atoms with Gasteiger partial charge in [-0.1, -0.05) is 80.0 Å². The highest BCUT2D eigenvalue weighted by molar-refractivity contribution is 7.92. The SMILES string of the molecule is COc1ccccc1N(CCCC(=O)N(Cc1cccc(Cl)c1)[C@H](Cc1ccccc1)C(=O)NCC(C)C)S(C)(=O)=O. The Morgan fingerprint density at radius 3 is 2.26 bits per heavy atom. The lowest BCUT2D eigenvalue weighted by atomic mass is 10.0. The Kier molecular flexibility index (Phi) is 12.2. The minimum atomic E-state index is -3.66. The van der Waals surface area contributed by atoms with E-state index in [1.54, 1.807) is 41.3 Å². The van der Waals surface area contributed by atoms with Crippen molar-refractivity contribution in [2.24, 2.45) is 5.92 Å². The second-order valence-corrected chi connectivity index (χ2v) is 12.9. The summed E-state index contributed by atoms with van der Waals surface area (Å²) in [6.45, 7) is 4.74. The van der Waals surface area contributed by atoms with Crippen molar-refractivity contribution in [1.29, 1.82) is 0 Å². The highest BCUT2D eigenvalue weighted by Gasteiger charge is 2.31. The van der Waals surface area contributed by atoms with Gasteiger partial charge in [0.2, 0.25) is 21.8 Å². The number of halogens is 1. The predicted molar refractivity (Wildman–Crippen MR) is 168 cm³/mol. The maximum Gasteiger partial charge on any atom is 0.243 e. The molecule has 2 amide bonds. The van der Waals surface area contributed by atoms with E-state index in [0.717, 1.165) is 17.4 Å². The lowest BCUT2D eigenvalue weighted by Crippen LogP contribution is -2.51. The number of carbonyl (C=O) groups excluding carboxylic acids is 2. The second-order valence-electron chi connectivity index (χ2n) is 10.6. The van der Waals surface area contributed by atoms with Crippen LogP contribution in [0.2, 0.25) is 5.02 Å². The normalized spacial score (nSPS) is 12.0. The number of amides is 2. The van der Waals surface area contributed by atoms with Crippen LogP contribution < -0.4 is 14.4 Å². The molecule has 42 heavy (non-hydrogen) atoms. The molecule has 1 N–H and O–H groups in total. The standard InChI is InChI=1S/C32H40ClN3O5S/c1-24(2)22-34-32(38)29(21-25-12-6-5-7-13-25)35(23-26-14-10-15-27(33)20-26)31(37)18-11-19-36(42(4,39)40)28-16-8-9-17-30(28)41-3/h5-10,12-17,20,24,29H,11,18-19,21-23H2,1-4H3,(H,34,38)/t29-/m1/s1. The monoisotopic (exact) mass is 613 g/mol. The molecule has 0 saturated carbocycles. The first kappa shape index (κ1) is 32.9. The van der Waals surface area contributed by atoms with Crippen LogP contribution in [0.15, 0.2) is 78.9 Å². The molecule has 3 aromatic rings. The molecule has 0 aliphatic heterocycles. The summed E-state index contributed by atoms with van der Waals surface area (Å²) in [7, 11) is -2.18. The highest BCUT2D eigenvalue weighted by atomic mass is 35.5. The predicted octanol–water partition coefficient (Wildman–Crippen LogP) is 5.31. The third kappa shape index (κ3) is 9.77. The first-order valence-corrected chi connectivity index (χ1v) is 16.2. The quantitative estimate of drug-likeness (QED) is 0.251. The summed E-state index contributed by atoms with van der Waals surface area (Å²) in [6, 6.07) is 22.9. The summed E-state index contributed by atoms with van der Waals surface area (Å²) in [5.41, 5.74) is 2.11. The van der Waals surface area contributed by atoms with Crippen LogP contribution in [0, 0.1) is 5.92 Å². The second kappa shape index (κ2) is 15.6. The fourth-order valence-corrected chi connectivity index (χ4v) is 5.81. The molecule has 0 unspecified atom stereocenters. The molecular formula is C32H40ClN3O5S. The van der Waals surface area contributed by atoms with E-state index in [2.05, 4.69) is 5.32 Å². The van der Waals surface area contributed by atoms with Gasteiger partial charge in [-0.3, -0.25) is 13.9 Å². The van der Waals surface area contributed by atoms with Crippen LogP contribution in [-0.4, -0.2) is 57.6 Å². The van der Waals surface area contributed by atoms with Gasteiger partial charge < -0.3 is 15.0 Å². The number of ether oxygens (including phenoxy) is 1. The van der Waals surface area contributed by atoms with Gasteiger partial charge in [-0.2, -0.15) is 0 Å². The van der Waals surface area contributed by atoms with Crippen molar-refractivity contribution in [2.45, 2.75) is 45.7 Å². The molecule has 0 radical (unpaired) electrons. The van der Waals surface area contributed by atoms with Crippen molar-refractivity contribution in [3.8, 4) is 5.75 Å². The third-order valence-electron chi connectivity index (χ3n) is 6.70. The smallest absolute Gasteiger partial charge is 0.243 e. The lowest BCUT2D eigenvalue weighted by molar-refractivity contribution is -0.141. The van der Waals surface area contributed by atoms with Gasteiger partial charge in [-0.05, 0) is 47.7 Å². The fourth-order valence-electron chi connectivity index (χ4n) is 4.63. The van der Waals surface area contributed by atoms with Gasteiger partial charge in [0.15, 0.2) is 0 Å². The number of nitrogens with zero attached hydrogens (tertiary/aromatic N) is 2. The maximum atomic E-state index is 13.9. The van der Waals surface area contributed by atoms with Gasteiger partial charge in [0.25, 0.3) is 0 Å². The van der Waals surface area contributed by atoms with Gasteiger partial charge in [0.05, 0.1) is 19.1 Å². The fraction of sp³-hybridized carbons (Fsp3) is 0.375. The molecule has 3 rings (SSSR count). The zero-order valence-corrected chi connectivity index (χ0v) is 26.2. The van der Waals surface area contributed by atoms with Crippen LogP contribution in [0.25, 0.3) is 0 Å². The maximum absolute atomic E-state index is 13.9. The first-order valence-electron chi connectivity index (χ1n) is 14.0. The van der Waals surface area contributed by atoms with Gasteiger partial charge in [-0.25, -0.2) is 8.42 Å². The van der Waals surface area contributed by atoms with Crippen LogP contribution >= 0.6 is 11.6 Å². The zero-order chi connectivity index (χ0) is 30.7. The molecular weight excluding hydrogens is 574 g/mol. The molecule has 10 heteroatoms. The molecule has 1 atom stereocenters. The van der Waals surface area contributed by atoms with Crippen molar-refractivity contribution in [3.05, 3.63) is 95.0 Å². The summed E-state index contributed by atoms with van der Waals surface area (Å²) < 4.78 is 32.1. The number of methoxy groups -OCH3 is 1. The van der Waals surface area contributed by atoms with Crippen LogP contribution in [0.4, 0.5) is 5.69 Å². The van der Waals surface area contributed by atoms with Crippen LogP contribution in [0.1, 0.15) is 37.8 Å². The zero-order valence-electron chi connectivity index (χ0n) is 24.6. The first-order chi connectivity index (χ1) is 20.0. The summed E-state index contributed by atoms with van der Waals surface area (Å²) in [6.07, 6.45) is 1.72. The Hall–Kier alpha value is -3.56. The molecule has 3 aromatic carbocycles. The Bertz CT molecular complexity index is 1430. The summed E-state index contributed by atoms with van der Waals surface area (Å²) in [4.78, 5) is 29.1. The van der Waals surface area contributed by atoms with Crippen molar-refractivity contribution in [2.75, 3.05) is 30.8 Å². The molecule has 0 aromatic heterocycles. The number of hydrogen-bond acceptors (Lipinski definition) is 5. The molecule has 8 nitrogen and oxygen atoms in total. The number of nitrogens with one attached hydrogen (secondary N) is 1. The minimum absolute atomic E-state index is 0.0322. The van der Waals surface area contributed by atoms with Crippen molar-refractivity contribution in [3.63, 3.8) is 0 Å². The van der Waals surface area contributed by atoms with Crippen molar-refractivity contribution in [1.82, 2.24) is 10.2 Å². The van der Waals surface area contributed by atoms with E-state index in [4.69, 9.17) is 16.3 Å². The number of rotatable bonds is 15. The van der Waals surface area contributed by atoms with E-state index in [9.17, 15) is 18.0 Å². The molecule has 0 spiro atoms.